The summed E-state index contributed by atoms with van der Waals surface area (Å²) in [7, 11) is 0. The first-order chi connectivity index (χ1) is 12.5. The number of carbonyl (C=O) groups is 1. The summed E-state index contributed by atoms with van der Waals surface area (Å²) in [5.74, 6) is 2.29. The molecule has 2 rings (SSSR count). The van der Waals surface area contributed by atoms with Gasteiger partial charge in [0.25, 0.3) is 5.91 Å². The standard InChI is InChI=1S/C20H32N4O2/c1-4-21-20(24-17-12-14(2)11-15(3)13-17)23-10-9-22-19(26)16-5-7-18(25)8-6-16/h5-8,14-15,17,25H,4,9-13H2,1-3H3,(H,22,26)(H2,21,23,24). The zero-order valence-electron chi connectivity index (χ0n) is 16.1. The van der Waals surface area contributed by atoms with Crippen LogP contribution in [0.1, 0.15) is 50.4 Å². The number of phenolic OH excluding ortho intramolecular Hbond substituents is 1. The number of nitrogens with one attached hydrogen (secondary N) is 3. The van der Waals surface area contributed by atoms with Crippen LogP contribution in [0.15, 0.2) is 29.3 Å². The van der Waals surface area contributed by atoms with Crippen molar-refractivity contribution >= 4 is 11.9 Å². The summed E-state index contributed by atoms with van der Waals surface area (Å²) in [4.78, 5) is 16.6. The molecule has 0 radical (unpaired) electrons. The first kappa shape index (κ1) is 20.1. The molecule has 2 unspecified atom stereocenters. The molecule has 1 aromatic carbocycles. The third-order valence-electron chi connectivity index (χ3n) is 4.66. The molecule has 6 heteroatoms. The van der Waals surface area contributed by atoms with Crippen LogP contribution in [0.2, 0.25) is 0 Å². The summed E-state index contributed by atoms with van der Waals surface area (Å²) in [5, 5.41) is 18.9. The molecule has 1 aromatic rings. The number of rotatable bonds is 6. The SMILES string of the molecule is CCNC(=NCCNC(=O)c1ccc(O)cc1)NC1CC(C)CC(C)C1. The van der Waals surface area contributed by atoms with Gasteiger partial charge in [-0.05, 0) is 62.3 Å². The van der Waals surface area contributed by atoms with Gasteiger partial charge in [0.2, 0.25) is 0 Å². The number of phenols is 1. The quantitative estimate of drug-likeness (QED) is 0.357. The van der Waals surface area contributed by atoms with Gasteiger partial charge in [0.05, 0.1) is 6.54 Å². The van der Waals surface area contributed by atoms with Crippen LogP contribution in [0.3, 0.4) is 0 Å². The van der Waals surface area contributed by atoms with E-state index < -0.39 is 0 Å². The molecule has 1 aliphatic carbocycles. The third kappa shape index (κ3) is 6.58. The van der Waals surface area contributed by atoms with Crippen LogP contribution in [0, 0.1) is 11.8 Å². The molecule has 26 heavy (non-hydrogen) atoms. The fourth-order valence-corrected chi connectivity index (χ4v) is 3.63. The van der Waals surface area contributed by atoms with Gasteiger partial charge < -0.3 is 21.1 Å². The molecule has 6 nitrogen and oxygen atoms in total. The largest absolute Gasteiger partial charge is 0.508 e. The van der Waals surface area contributed by atoms with E-state index in [9.17, 15) is 9.90 Å². The van der Waals surface area contributed by atoms with Crippen molar-refractivity contribution in [1.82, 2.24) is 16.0 Å². The second-order valence-corrected chi connectivity index (χ2v) is 7.32. The van der Waals surface area contributed by atoms with Crippen molar-refractivity contribution in [1.29, 1.82) is 0 Å². The van der Waals surface area contributed by atoms with E-state index >= 15 is 0 Å². The first-order valence-corrected chi connectivity index (χ1v) is 9.60. The maximum atomic E-state index is 12.0. The smallest absolute Gasteiger partial charge is 0.251 e. The molecule has 0 bridgehead atoms. The van der Waals surface area contributed by atoms with Crippen molar-refractivity contribution in [3.05, 3.63) is 29.8 Å². The van der Waals surface area contributed by atoms with Gasteiger partial charge in [0, 0.05) is 24.7 Å². The van der Waals surface area contributed by atoms with Crippen LogP contribution >= 0.6 is 0 Å². The molecule has 0 aromatic heterocycles. The molecule has 1 saturated carbocycles. The van der Waals surface area contributed by atoms with E-state index in [0.29, 0.717) is 24.7 Å². The van der Waals surface area contributed by atoms with Gasteiger partial charge in [0.1, 0.15) is 5.75 Å². The van der Waals surface area contributed by atoms with E-state index in [4.69, 9.17) is 0 Å². The zero-order valence-corrected chi connectivity index (χ0v) is 16.1. The number of nitrogens with zero attached hydrogens (tertiary/aromatic N) is 1. The lowest BCUT2D eigenvalue weighted by Crippen LogP contribution is -2.46. The first-order valence-electron chi connectivity index (χ1n) is 9.60. The van der Waals surface area contributed by atoms with Crippen molar-refractivity contribution in [2.24, 2.45) is 16.8 Å². The highest BCUT2D eigenvalue weighted by Gasteiger charge is 2.24. The molecule has 1 aliphatic rings. The average molecular weight is 361 g/mol. The van der Waals surface area contributed by atoms with Crippen LogP contribution in [0.4, 0.5) is 0 Å². The van der Waals surface area contributed by atoms with Gasteiger partial charge in [0.15, 0.2) is 5.96 Å². The summed E-state index contributed by atoms with van der Waals surface area (Å²) in [6.07, 6.45) is 3.65. The summed E-state index contributed by atoms with van der Waals surface area (Å²) < 4.78 is 0. The van der Waals surface area contributed by atoms with Gasteiger partial charge in [-0.1, -0.05) is 13.8 Å². The highest BCUT2D eigenvalue weighted by atomic mass is 16.3. The Bertz CT molecular complexity index is 590. The summed E-state index contributed by atoms with van der Waals surface area (Å²) >= 11 is 0. The molecule has 1 amide bonds. The molecule has 144 valence electrons. The average Bonchev–Trinajstić information content (AvgIpc) is 2.58. The van der Waals surface area contributed by atoms with Gasteiger partial charge in [-0.2, -0.15) is 0 Å². The highest BCUT2D eigenvalue weighted by molar-refractivity contribution is 5.94. The van der Waals surface area contributed by atoms with Crippen LogP contribution < -0.4 is 16.0 Å². The van der Waals surface area contributed by atoms with Gasteiger partial charge in [-0.3, -0.25) is 9.79 Å². The second-order valence-electron chi connectivity index (χ2n) is 7.32. The minimum Gasteiger partial charge on any atom is -0.508 e. The lowest BCUT2D eigenvalue weighted by atomic mass is 9.80. The van der Waals surface area contributed by atoms with Crippen LogP contribution in [-0.4, -0.2) is 42.6 Å². The van der Waals surface area contributed by atoms with Gasteiger partial charge in [-0.25, -0.2) is 0 Å². The Labute approximate surface area is 156 Å². The summed E-state index contributed by atoms with van der Waals surface area (Å²) in [6, 6.07) is 6.67. The van der Waals surface area contributed by atoms with Crippen LogP contribution in [0.25, 0.3) is 0 Å². The minimum absolute atomic E-state index is 0.152. The number of hydrogen-bond donors (Lipinski definition) is 4. The van der Waals surface area contributed by atoms with Crippen molar-refractivity contribution in [3.63, 3.8) is 0 Å². The van der Waals surface area contributed by atoms with Gasteiger partial charge in [-0.15, -0.1) is 0 Å². The number of aliphatic imine (C=N–C) groups is 1. The molecule has 0 aliphatic heterocycles. The Morgan fingerprint density at radius 3 is 2.38 bits per heavy atom. The van der Waals surface area contributed by atoms with E-state index in [2.05, 4.69) is 41.7 Å². The summed E-state index contributed by atoms with van der Waals surface area (Å²) in [5.41, 5.74) is 0.530. The van der Waals surface area contributed by atoms with Crippen LogP contribution in [0.5, 0.6) is 5.75 Å². The highest BCUT2D eigenvalue weighted by Crippen LogP contribution is 2.28. The number of hydrogen-bond acceptors (Lipinski definition) is 3. The number of aromatic hydroxyl groups is 1. The predicted molar refractivity (Wildman–Crippen MR) is 106 cm³/mol. The Morgan fingerprint density at radius 2 is 1.77 bits per heavy atom. The maximum absolute atomic E-state index is 12.0. The fraction of sp³-hybridized carbons (Fsp3) is 0.600. The lowest BCUT2D eigenvalue weighted by molar-refractivity contribution is 0.0955. The topological polar surface area (TPSA) is 85.8 Å². The normalized spacial score (nSPS) is 23.3. The number of benzene rings is 1. The Kier molecular flexibility index (Phi) is 7.75. The number of guanidine groups is 1. The van der Waals surface area contributed by atoms with E-state index in [1.54, 1.807) is 12.1 Å². The Morgan fingerprint density at radius 1 is 1.12 bits per heavy atom. The molecule has 1 fully saturated rings. The van der Waals surface area contributed by atoms with Crippen molar-refractivity contribution in [2.75, 3.05) is 19.6 Å². The van der Waals surface area contributed by atoms with Crippen molar-refractivity contribution in [2.45, 2.75) is 46.1 Å². The second kappa shape index (κ2) is 10.0. The van der Waals surface area contributed by atoms with Crippen LogP contribution in [-0.2, 0) is 0 Å². The molecule has 4 N–H and O–H groups in total. The molecule has 0 heterocycles. The van der Waals surface area contributed by atoms with E-state index in [0.717, 1.165) is 24.3 Å². The zero-order chi connectivity index (χ0) is 18.9. The van der Waals surface area contributed by atoms with E-state index in [1.165, 1.54) is 31.4 Å². The molecular weight excluding hydrogens is 328 g/mol. The maximum Gasteiger partial charge on any atom is 0.251 e. The molecule has 2 atom stereocenters. The monoisotopic (exact) mass is 360 g/mol. The van der Waals surface area contributed by atoms with E-state index in [-0.39, 0.29) is 11.7 Å². The molecule has 0 saturated heterocycles. The number of amides is 1. The third-order valence-corrected chi connectivity index (χ3v) is 4.66. The lowest BCUT2D eigenvalue weighted by Gasteiger charge is -2.32. The molecule has 0 spiro atoms. The predicted octanol–water partition coefficient (Wildman–Crippen LogP) is 2.50. The number of carbonyl (C=O) groups excluding carboxylic acids is 1. The van der Waals surface area contributed by atoms with Crippen molar-refractivity contribution in [3.8, 4) is 5.75 Å². The fourth-order valence-electron chi connectivity index (χ4n) is 3.63. The Balaban J connectivity index is 1.80. The van der Waals surface area contributed by atoms with E-state index in [1.807, 2.05) is 0 Å². The van der Waals surface area contributed by atoms with Crippen molar-refractivity contribution < 1.29 is 9.90 Å². The summed E-state index contributed by atoms with van der Waals surface area (Å²) in [6.45, 7) is 8.46. The Hall–Kier alpha value is -2.24. The van der Waals surface area contributed by atoms with Gasteiger partial charge >= 0.3 is 0 Å². The molecular formula is C20H32N4O2. The minimum atomic E-state index is -0.159.